The number of hydrogen-bond donors (Lipinski definition) is 0. The Hall–Kier alpha value is -3.03. The highest BCUT2D eigenvalue weighted by Crippen LogP contribution is 2.25. The fourth-order valence-corrected chi connectivity index (χ4v) is 4.17. The summed E-state index contributed by atoms with van der Waals surface area (Å²) in [5.74, 6) is 0.737. The van der Waals surface area contributed by atoms with Gasteiger partial charge in [0.1, 0.15) is 11.5 Å². The van der Waals surface area contributed by atoms with E-state index in [-0.39, 0.29) is 17.3 Å². The third kappa shape index (κ3) is 5.77. The molecule has 0 aliphatic carbocycles. The lowest BCUT2D eigenvalue weighted by Crippen LogP contribution is -2.26. The van der Waals surface area contributed by atoms with Crippen molar-refractivity contribution in [2.75, 3.05) is 18.5 Å². The largest absolute Gasteiger partial charge is 0.497 e. The van der Waals surface area contributed by atoms with E-state index in [1.54, 1.807) is 31.4 Å². The maximum Gasteiger partial charge on any atom is 0.311 e. The molecule has 0 radical (unpaired) electrons. The first-order chi connectivity index (χ1) is 14.8. The number of ether oxygens (including phenoxy) is 2. The van der Waals surface area contributed by atoms with E-state index in [9.17, 15) is 13.2 Å². The zero-order chi connectivity index (χ0) is 22.4. The van der Waals surface area contributed by atoms with Crippen molar-refractivity contribution in [2.45, 2.75) is 17.7 Å². The normalized spacial score (nSPS) is 11.1. The van der Waals surface area contributed by atoms with Crippen LogP contribution < -0.4 is 13.8 Å². The number of nitrogens with zero attached hydrogens (tertiary/aromatic N) is 1. The van der Waals surface area contributed by atoms with Gasteiger partial charge in [-0.2, -0.15) is 0 Å². The molecular formula is C23H22ClNO5S. The Bertz CT molecular complexity index is 1130. The SMILES string of the molecule is COc1ccc(CCC(=O)Oc2ccc(N(C)S(=O)(=O)c3ccc(Cl)cc3)cc2)cc1. The van der Waals surface area contributed by atoms with Crippen LogP contribution in [0.15, 0.2) is 77.7 Å². The standard InChI is InChI=1S/C23H22ClNO5S/c1-25(31(27,28)22-14-6-18(24)7-15-22)19-8-12-21(13-9-19)30-23(26)16-5-17-3-10-20(29-2)11-4-17/h3-4,6-15H,5,16H2,1-2H3. The molecule has 3 aromatic carbocycles. The molecule has 0 aliphatic heterocycles. The molecule has 3 aromatic rings. The summed E-state index contributed by atoms with van der Waals surface area (Å²) in [5, 5.41) is 0.458. The lowest BCUT2D eigenvalue weighted by Gasteiger charge is -2.19. The minimum atomic E-state index is -3.73. The van der Waals surface area contributed by atoms with Gasteiger partial charge in [0.05, 0.1) is 17.7 Å². The third-order valence-corrected chi connectivity index (χ3v) is 6.73. The molecule has 162 valence electrons. The Morgan fingerprint density at radius 3 is 2.06 bits per heavy atom. The van der Waals surface area contributed by atoms with Crippen LogP contribution in [0.2, 0.25) is 5.02 Å². The number of benzene rings is 3. The molecule has 6 nitrogen and oxygen atoms in total. The van der Waals surface area contributed by atoms with Gasteiger partial charge in [-0.1, -0.05) is 23.7 Å². The van der Waals surface area contributed by atoms with Gasteiger partial charge in [0, 0.05) is 18.5 Å². The topological polar surface area (TPSA) is 72.9 Å². The number of carbonyl (C=O) groups excluding carboxylic acids is 1. The van der Waals surface area contributed by atoms with Gasteiger partial charge >= 0.3 is 5.97 Å². The zero-order valence-corrected chi connectivity index (χ0v) is 18.7. The molecule has 0 heterocycles. The van der Waals surface area contributed by atoms with Gasteiger partial charge in [-0.15, -0.1) is 0 Å². The number of aryl methyl sites for hydroxylation is 1. The molecule has 8 heteroatoms. The number of anilines is 1. The lowest BCUT2D eigenvalue weighted by atomic mass is 10.1. The van der Waals surface area contributed by atoms with E-state index in [1.807, 2.05) is 24.3 Å². The van der Waals surface area contributed by atoms with E-state index in [1.165, 1.54) is 31.3 Å². The second-order valence-corrected chi connectivity index (χ2v) is 9.15. The van der Waals surface area contributed by atoms with Crippen molar-refractivity contribution in [3.63, 3.8) is 0 Å². The fraction of sp³-hybridized carbons (Fsp3) is 0.174. The molecule has 31 heavy (non-hydrogen) atoms. The third-order valence-electron chi connectivity index (χ3n) is 4.68. The van der Waals surface area contributed by atoms with Crippen LogP contribution in [0.1, 0.15) is 12.0 Å². The summed E-state index contributed by atoms with van der Waals surface area (Å²) in [6.45, 7) is 0. The number of halogens is 1. The van der Waals surface area contributed by atoms with Gasteiger partial charge in [0.15, 0.2) is 0 Å². The number of carbonyl (C=O) groups is 1. The van der Waals surface area contributed by atoms with Crippen LogP contribution in [0, 0.1) is 0 Å². The molecule has 0 spiro atoms. The summed E-state index contributed by atoms with van der Waals surface area (Å²) in [7, 11) is -0.673. The second kappa shape index (κ2) is 9.85. The minimum absolute atomic E-state index is 0.133. The van der Waals surface area contributed by atoms with E-state index in [0.29, 0.717) is 22.9 Å². The van der Waals surface area contributed by atoms with Crippen molar-refractivity contribution in [3.05, 3.63) is 83.4 Å². The molecule has 0 aromatic heterocycles. The Balaban J connectivity index is 1.59. The van der Waals surface area contributed by atoms with Crippen molar-refractivity contribution in [2.24, 2.45) is 0 Å². The average Bonchev–Trinajstić information content (AvgIpc) is 2.78. The summed E-state index contributed by atoms with van der Waals surface area (Å²) >= 11 is 5.83. The number of sulfonamides is 1. The monoisotopic (exact) mass is 459 g/mol. The van der Waals surface area contributed by atoms with Crippen LogP contribution in [0.5, 0.6) is 11.5 Å². The molecule has 0 saturated carbocycles. The first kappa shape index (κ1) is 22.7. The Kier molecular flexibility index (Phi) is 7.20. The van der Waals surface area contributed by atoms with E-state index in [2.05, 4.69) is 0 Å². The van der Waals surface area contributed by atoms with Crippen LogP contribution in [0.25, 0.3) is 0 Å². The Morgan fingerprint density at radius 2 is 1.48 bits per heavy atom. The van der Waals surface area contributed by atoms with E-state index in [4.69, 9.17) is 21.1 Å². The second-order valence-electron chi connectivity index (χ2n) is 6.74. The van der Waals surface area contributed by atoms with E-state index in [0.717, 1.165) is 15.6 Å². The van der Waals surface area contributed by atoms with Gasteiger partial charge in [-0.25, -0.2) is 8.42 Å². The van der Waals surface area contributed by atoms with Gasteiger partial charge < -0.3 is 9.47 Å². The molecule has 0 atom stereocenters. The molecule has 0 unspecified atom stereocenters. The highest BCUT2D eigenvalue weighted by molar-refractivity contribution is 7.92. The molecular weight excluding hydrogens is 438 g/mol. The van der Waals surface area contributed by atoms with Crippen molar-refractivity contribution in [1.29, 1.82) is 0 Å². The number of rotatable bonds is 8. The van der Waals surface area contributed by atoms with Gasteiger partial charge in [0.25, 0.3) is 10.0 Å². The van der Waals surface area contributed by atoms with Crippen molar-refractivity contribution >= 4 is 33.3 Å². The summed E-state index contributed by atoms with van der Waals surface area (Å²) in [5.41, 5.74) is 1.44. The minimum Gasteiger partial charge on any atom is -0.497 e. The van der Waals surface area contributed by atoms with E-state index >= 15 is 0 Å². The fourth-order valence-electron chi connectivity index (χ4n) is 2.85. The molecule has 0 N–H and O–H groups in total. The molecule has 0 amide bonds. The highest BCUT2D eigenvalue weighted by Gasteiger charge is 2.21. The van der Waals surface area contributed by atoms with Crippen molar-refractivity contribution in [3.8, 4) is 11.5 Å². The van der Waals surface area contributed by atoms with Crippen LogP contribution in [0.4, 0.5) is 5.69 Å². The number of methoxy groups -OCH3 is 1. The first-order valence-corrected chi connectivity index (χ1v) is 11.3. The molecule has 0 saturated heterocycles. The predicted molar refractivity (Wildman–Crippen MR) is 120 cm³/mol. The average molecular weight is 460 g/mol. The lowest BCUT2D eigenvalue weighted by molar-refractivity contribution is -0.134. The molecule has 0 fully saturated rings. The first-order valence-electron chi connectivity index (χ1n) is 9.48. The number of esters is 1. The summed E-state index contributed by atoms with van der Waals surface area (Å²) in [6, 6.07) is 19.7. The van der Waals surface area contributed by atoms with E-state index < -0.39 is 10.0 Å². The summed E-state index contributed by atoms with van der Waals surface area (Å²) in [4.78, 5) is 12.3. The summed E-state index contributed by atoms with van der Waals surface area (Å²) < 4.78 is 37.1. The Morgan fingerprint density at radius 1 is 0.903 bits per heavy atom. The smallest absolute Gasteiger partial charge is 0.311 e. The van der Waals surface area contributed by atoms with Crippen LogP contribution in [-0.4, -0.2) is 28.5 Å². The van der Waals surface area contributed by atoms with Crippen molar-refractivity contribution < 1.29 is 22.7 Å². The molecule has 0 aliphatic rings. The molecule has 3 rings (SSSR count). The zero-order valence-electron chi connectivity index (χ0n) is 17.1. The maximum atomic E-state index is 12.8. The quantitative estimate of drug-likeness (QED) is 0.360. The van der Waals surface area contributed by atoms with Gasteiger partial charge in [-0.05, 0) is 72.6 Å². The predicted octanol–water partition coefficient (Wildman–Crippen LogP) is 4.71. The van der Waals surface area contributed by atoms with Crippen LogP contribution in [0.3, 0.4) is 0 Å². The summed E-state index contributed by atoms with van der Waals surface area (Å²) in [6.07, 6.45) is 0.766. The Labute approximate surface area is 187 Å². The molecule has 0 bridgehead atoms. The van der Waals surface area contributed by atoms with Gasteiger partial charge in [0.2, 0.25) is 0 Å². The van der Waals surface area contributed by atoms with Crippen LogP contribution >= 0.6 is 11.6 Å². The van der Waals surface area contributed by atoms with Crippen molar-refractivity contribution in [1.82, 2.24) is 0 Å². The highest BCUT2D eigenvalue weighted by atomic mass is 35.5. The van der Waals surface area contributed by atoms with Crippen LogP contribution in [-0.2, 0) is 21.2 Å². The number of hydrogen-bond acceptors (Lipinski definition) is 5. The van der Waals surface area contributed by atoms with Gasteiger partial charge in [-0.3, -0.25) is 9.10 Å². The maximum absolute atomic E-state index is 12.8.